The molecule has 1 heterocycles. The van der Waals surface area contributed by atoms with Crippen LogP contribution in [0.3, 0.4) is 0 Å². The highest BCUT2D eigenvalue weighted by atomic mass is 19.1. The summed E-state index contributed by atoms with van der Waals surface area (Å²) >= 11 is 0. The number of ketones is 1. The van der Waals surface area contributed by atoms with E-state index in [1.54, 1.807) is 10.7 Å². The van der Waals surface area contributed by atoms with Crippen LogP contribution in [0.25, 0.3) is 11.0 Å². The number of rotatable bonds is 4. The lowest BCUT2D eigenvalue weighted by molar-refractivity contribution is -0.133. The largest absolute Gasteiger partial charge is 0.390 e. The van der Waals surface area contributed by atoms with Crippen LogP contribution in [0.2, 0.25) is 0 Å². The Bertz CT molecular complexity index is 1100. The highest BCUT2D eigenvalue weighted by Crippen LogP contribution is 2.64. The van der Waals surface area contributed by atoms with Gasteiger partial charge in [0.05, 0.1) is 11.1 Å². The number of hydrogen-bond acceptors (Lipinski definition) is 4. The van der Waals surface area contributed by atoms with Gasteiger partial charge in [0.25, 0.3) is 0 Å². The zero-order valence-electron chi connectivity index (χ0n) is 20.5. The van der Waals surface area contributed by atoms with Gasteiger partial charge in [0.15, 0.2) is 5.78 Å². The lowest BCUT2D eigenvalue weighted by Gasteiger charge is -2.57. The lowest BCUT2D eigenvalue weighted by atomic mass is 9.48. The fourth-order valence-electron chi connectivity index (χ4n) is 9.13. The first-order valence-corrected chi connectivity index (χ1v) is 13.6. The van der Waals surface area contributed by atoms with Crippen molar-refractivity contribution in [2.75, 3.05) is 0 Å². The maximum atomic E-state index is 13.6. The Morgan fingerprint density at radius 3 is 2.76 bits per heavy atom. The average Bonchev–Trinajstić information content (AvgIpc) is 3.38. The molecule has 0 unspecified atom stereocenters. The van der Waals surface area contributed by atoms with E-state index in [0.29, 0.717) is 17.4 Å². The van der Waals surface area contributed by atoms with Gasteiger partial charge in [0.1, 0.15) is 17.9 Å². The van der Waals surface area contributed by atoms with Crippen LogP contribution in [0.4, 0.5) is 4.39 Å². The van der Waals surface area contributed by atoms with E-state index in [1.165, 1.54) is 37.8 Å². The van der Waals surface area contributed by atoms with E-state index in [-0.39, 0.29) is 29.5 Å². The Morgan fingerprint density at radius 2 is 1.94 bits per heavy atom. The summed E-state index contributed by atoms with van der Waals surface area (Å²) in [5.74, 6) is 3.62. The van der Waals surface area contributed by atoms with Gasteiger partial charge < -0.3 is 5.11 Å². The standard InChI is InChI=1S/C28H38FN3O2/c1-3-28(34)13-11-19-17(15-28)4-6-21-20(19)10-12-27(2)22(21)7-8-23(27)26(33)16-32-25-9-5-18(29)14-24(25)30-31-32/h5,9,14,17,19-23,34H,3-4,6-8,10-13,15-16H2,1-2H3/t17-,19-,20+,21+,22-,23+,27-,28+/m0/s1. The maximum Gasteiger partial charge on any atom is 0.157 e. The van der Waals surface area contributed by atoms with Crippen LogP contribution in [0.15, 0.2) is 18.2 Å². The molecule has 0 bridgehead atoms. The van der Waals surface area contributed by atoms with Crippen molar-refractivity contribution in [3.05, 3.63) is 24.0 Å². The van der Waals surface area contributed by atoms with Crippen LogP contribution >= 0.6 is 0 Å². The molecule has 4 aliphatic rings. The molecule has 6 rings (SSSR count). The molecule has 0 aliphatic heterocycles. The number of fused-ring (bicyclic) bond motifs is 6. The van der Waals surface area contributed by atoms with Crippen molar-refractivity contribution in [2.24, 2.45) is 40.9 Å². The molecule has 8 atom stereocenters. The van der Waals surface area contributed by atoms with Crippen LogP contribution in [-0.2, 0) is 11.3 Å². The summed E-state index contributed by atoms with van der Waals surface area (Å²) in [6.45, 7) is 4.75. The summed E-state index contributed by atoms with van der Waals surface area (Å²) in [6, 6.07) is 4.45. The Kier molecular flexibility index (Phi) is 5.40. The second-order valence-corrected chi connectivity index (χ2v) is 12.3. The smallest absolute Gasteiger partial charge is 0.157 e. The summed E-state index contributed by atoms with van der Waals surface area (Å²) < 4.78 is 15.2. The molecule has 1 aromatic heterocycles. The van der Waals surface area contributed by atoms with Gasteiger partial charge in [-0.15, -0.1) is 5.10 Å². The number of carbonyl (C=O) groups is 1. The van der Waals surface area contributed by atoms with Crippen molar-refractivity contribution < 1.29 is 14.3 Å². The molecule has 184 valence electrons. The normalized spacial score (nSPS) is 41.6. The minimum absolute atomic E-state index is 0.0758. The first kappa shape index (κ1) is 22.6. The predicted octanol–water partition coefficient (Wildman–Crippen LogP) is 5.55. The third-order valence-corrected chi connectivity index (χ3v) is 10.9. The molecule has 4 fully saturated rings. The van der Waals surface area contributed by atoms with Crippen LogP contribution in [0.5, 0.6) is 0 Å². The third kappa shape index (κ3) is 3.46. The van der Waals surface area contributed by atoms with E-state index in [4.69, 9.17) is 0 Å². The zero-order chi connectivity index (χ0) is 23.7. The molecule has 0 radical (unpaired) electrons. The molecule has 0 spiro atoms. The fraction of sp³-hybridized carbons (Fsp3) is 0.750. The van der Waals surface area contributed by atoms with Crippen LogP contribution in [0.1, 0.15) is 78.1 Å². The number of nitrogens with zero attached hydrogens (tertiary/aromatic N) is 3. The summed E-state index contributed by atoms with van der Waals surface area (Å²) in [6.07, 6.45) is 11.1. The van der Waals surface area contributed by atoms with Gasteiger partial charge in [-0.05, 0) is 111 Å². The van der Waals surface area contributed by atoms with Gasteiger partial charge in [-0.2, -0.15) is 0 Å². The number of aromatic nitrogens is 3. The molecular weight excluding hydrogens is 429 g/mol. The second kappa shape index (κ2) is 8.11. The van der Waals surface area contributed by atoms with E-state index >= 15 is 0 Å². The number of Topliss-reactive ketones (excluding diaryl/α,β-unsaturated/α-hetero) is 1. The number of carbonyl (C=O) groups excluding carboxylic acids is 1. The lowest BCUT2D eigenvalue weighted by Crippen LogP contribution is -2.51. The van der Waals surface area contributed by atoms with E-state index in [2.05, 4.69) is 24.2 Å². The summed E-state index contributed by atoms with van der Waals surface area (Å²) in [4.78, 5) is 13.6. The Balaban J connectivity index is 1.18. The van der Waals surface area contributed by atoms with Crippen LogP contribution in [-0.4, -0.2) is 31.5 Å². The second-order valence-electron chi connectivity index (χ2n) is 12.3. The number of benzene rings is 1. The SMILES string of the molecule is CC[C@@]1(O)CC[C@H]2[C@@H](CC[C@@H]3[C@@H]2CC[C@]2(C)[C@@H](C(=O)Cn4nnc5cc(F)ccc54)CC[C@@H]32)C1. The molecule has 1 N–H and O–H groups in total. The predicted molar refractivity (Wildman–Crippen MR) is 128 cm³/mol. The van der Waals surface area contributed by atoms with Crippen molar-refractivity contribution >= 4 is 16.8 Å². The van der Waals surface area contributed by atoms with E-state index in [9.17, 15) is 14.3 Å². The minimum Gasteiger partial charge on any atom is -0.390 e. The third-order valence-electron chi connectivity index (χ3n) is 10.9. The number of hydrogen-bond donors (Lipinski definition) is 1. The zero-order valence-corrected chi connectivity index (χ0v) is 20.5. The van der Waals surface area contributed by atoms with Crippen molar-refractivity contribution in [2.45, 2.75) is 90.2 Å². The van der Waals surface area contributed by atoms with Gasteiger partial charge in [-0.3, -0.25) is 4.79 Å². The Morgan fingerprint density at radius 1 is 1.12 bits per heavy atom. The van der Waals surface area contributed by atoms with Crippen molar-refractivity contribution in [1.29, 1.82) is 0 Å². The van der Waals surface area contributed by atoms with Gasteiger partial charge >= 0.3 is 0 Å². The van der Waals surface area contributed by atoms with Gasteiger partial charge in [0.2, 0.25) is 0 Å². The van der Waals surface area contributed by atoms with Gasteiger partial charge in [0, 0.05) is 12.0 Å². The summed E-state index contributed by atoms with van der Waals surface area (Å²) in [5, 5.41) is 19.2. The molecular formula is C28H38FN3O2. The molecule has 0 amide bonds. The first-order chi connectivity index (χ1) is 16.3. The molecule has 0 saturated heterocycles. The monoisotopic (exact) mass is 467 g/mol. The van der Waals surface area contributed by atoms with E-state index in [0.717, 1.165) is 61.8 Å². The molecule has 4 saturated carbocycles. The fourth-order valence-corrected chi connectivity index (χ4v) is 9.13. The molecule has 1 aromatic carbocycles. The number of halogens is 1. The average molecular weight is 468 g/mol. The Hall–Kier alpha value is -1.82. The van der Waals surface area contributed by atoms with E-state index in [1.807, 2.05) is 0 Å². The quantitative estimate of drug-likeness (QED) is 0.640. The minimum atomic E-state index is -0.431. The van der Waals surface area contributed by atoms with E-state index < -0.39 is 5.60 Å². The van der Waals surface area contributed by atoms with Crippen molar-refractivity contribution in [1.82, 2.24) is 15.0 Å². The first-order valence-electron chi connectivity index (χ1n) is 13.6. The van der Waals surface area contributed by atoms with Gasteiger partial charge in [-0.25, -0.2) is 9.07 Å². The van der Waals surface area contributed by atoms with Gasteiger partial charge in [-0.1, -0.05) is 19.1 Å². The molecule has 2 aromatic rings. The molecule has 5 nitrogen and oxygen atoms in total. The Labute approximate surface area is 201 Å². The summed E-state index contributed by atoms with van der Waals surface area (Å²) in [5.41, 5.74) is 0.870. The van der Waals surface area contributed by atoms with Crippen molar-refractivity contribution in [3.8, 4) is 0 Å². The highest BCUT2D eigenvalue weighted by Gasteiger charge is 2.58. The molecule has 4 aliphatic carbocycles. The number of aliphatic hydroxyl groups is 1. The highest BCUT2D eigenvalue weighted by molar-refractivity contribution is 5.84. The molecule has 34 heavy (non-hydrogen) atoms. The molecule has 6 heteroatoms. The topological polar surface area (TPSA) is 68.0 Å². The summed E-state index contributed by atoms with van der Waals surface area (Å²) in [7, 11) is 0. The van der Waals surface area contributed by atoms with Crippen LogP contribution < -0.4 is 0 Å². The maximum absolute atomic E-state index is 13.6. The van der Waals surface area contributed by atoms with Crippen molar-refractivity contribution in [3.63, 3.8) is 0 Å². The van der Waals surface area contributed by atoms with Crippen LogP contribution in [0, 0.1) is 46.7 Å².